The van der Waals surface area contributed by atoms with Gasteiger partial charge in [0, 0.05) is 31.6 Å². The lowest BCUT2D eigenvalue weighted by Crippen LogP contribution is -2.38. The predicted octanol–water partition coefficient (Wildman–Crippen LogP) is 3.95. The van der Waals surface area contributed by atoms with Crippen LogP contribution in [-0.2, 0) is 20.8 Å². The molecule has 0 saturated carbocycles. The average Bonchev–Trinajstić information content (AvgIpc) is 3.26. The highest BCUT2D eigenvalue weighted by Gasteiger charge is 2.37. The fourth-order valence-electron chi connectivity index (χ4n) is 3.48. The smallest absolute Gasteiger partial charge is 0.286 e. The van der Waals surface area contributed by atoms with Gasteiger partial charge in [-0.3, -0.25) is 4.79 Å². The molecule has 2 heterocycles. The summed E-state index contributed by atoms with van der Waals surface area (Å²) in [6.45, 7) is 2.72. The summed E-state index contributed by atoms with van der Waals surface area (Å²) in [6.07, 6.45) is 2.65. The number of hydrogen-bond donors (Lipinski definition) is 2. The fraction of sp³-hybridized carbons (Fsp3) is 0.409. The minimum atomic E-state index is -0.562. The van der Waals surface area contributed by atoms with Gasteiger partial charge in [0.2, 0.25) is 6.29 Å². The van der Waals surface area contributed by atoms with Gasteiger partial charge in [0.15, 0.2) is 5.76 Å². The first-order valence-electron chi connectivity index (χ1n) is 9.78. The van der Waals surface area contributed by atoms with Crippen LogP contribution >= 0.6 is 11.3 Å². The number of ether oxygens (including phenoxy) is 2. The SMILES string of the molecule is CCO[C@H]1OC(C(=O)NCc2ccc(F)cc2)=C[C@@H](c2ccsc2)[C@H]1CCCO. The van der Waals surface area contributed by atoms with Crippen LogP contribution in [0.5, 0.6) is 0 Å². The number of allylic oxidation sites excluding steroid dienone is 1. The third kappa shape index (κ3) is 5.65. The molecule has 0 spiro atoms. The summed E-state index contributed by atoms with van der Waals surface area (Å²) in [6, 6.07) is 8.03. The Morgan fingerprint density at radius 1 is 1.31 bits per heavy atom. The van der Waals surface area contributed by atoms with E-state index < -0.39 is 6.29 Å². The van der Waals surface area contributed by atoms with Crippen LogP contribution in [-0.4, -0.2) is 30.5 Å². The Kier molecular flexibility index (Phi) is 7.80. The first-order valence-corrected chi connectivity index (χ1v) is 10.7. The van der Waals surface area contributed by atoms with E-state index in [1.54, 1.807) is 23.5 Å². The number of aliphatic hydroxyl groups excluding tert-OH is 1. The van der Waals surface area contributed by atoms with E-state index in [0.717, 1.165) is 17.5 Å². The van der Waals surface area contributed by atoms with Crippen molar-refractivity contribution in [2.45, 2.75) is 38.5 Å². The Hall–Kier alpha value is -2.22. The molecule has 7 heteroatoms. The van der Waals surface area contributed by atoms with Gasteiger partial charge in [-0.2, -0.15) is 11.3 Å². The van der Waals surface area contributed by atoms with E-state index >= 15 is 0 Å². The van der Waals surface area contributed by atoms with Crippen LogP contribution in [0.2, 0.25) is 0 Å². The normalized spacial score (nSPS) is 21.3. The highest BCUT2D eigenvalue weighted by atomic mass is 32.1. The molecule has 2 aromatic rings. The first kappa shape index (κ1) is 21.5. The van der Waals surface area contributed by atoms with Crippen LogP contribution in [0.3, 0.4) is 0 Å². The Labute approximate surface area is 174 Å². The Morgan fingerprint density at radius 2 is 2.10 bits per heavy atom. The molecule has 3 atom stereocenters. The summed E-state index contributed by atoms with van der Waals surface area (Å²) in [5.41, 5.74) is 1.91. The van der Waals surface area contributed by atoms with Gasteiger partial charge in [0.25, 0.3) is 5.91 Å². The molecule has 3 rings (SSSR count). The second-order valence-electron chi connectivity index (χ2n) is 6.89. The van der Waals surface area contributed by atoms with E-state index in [1.165, 1.54) is 12.1 Å². The number of carbonyl (C=O) groups is 1. The summed E-state index contributed by atoms with van der Waals surface area (Å²) in [4.78, 5) is 12.8. The standard InChI is InChI=1S/C22H26FNO4S/c1-2-27-22-18(4-3-10-25)19(16-9-11-29-14-16)12-20(28-22)21(26)24-13-15-5-7-17(23)8-6-15/h5-9,11-12,14,18-19,22,25H,2-4,10,13H2,1H3,(H,24,26)/t18-,19+,22+/m1/s1. The molecule has 5 nitrogen and oxygen atoms in total. The second-order valence-corrected chi connectivity index (χ2v) is 7.67. The number of nitrogens with one attached hydrogen (secondary N) is 1. The lowest BCUT2D eigenvalue weighted by molar-refractivity contribution is -0.166. The van der Waals surface area contributed by atoms with Gasteiger partial charge in [0.05, 0.1) is 0 Å². The lowest BCUT2D eigenvalue weighted by atomic mass is 9.81. The number of rotatable bonds is 9. The van der Waals surface area contributed by atoms with E-state index in [2.05, 4.69) is 10.7 Å². The molecular weight excluding hydrogens is 393 g/mol. The molecule has 1 amide bonds. The van der Waals surface area contributed by atoms with Crippen LogP contribution in [0, 0.1) is 11.7 Å². The van der Waals surface area contributed by atoms with Gasteiger partial charge in [-0.25, -0.2) is 4.39 Å². The maximum Gasteiger partial charge on any atom is 0.286 e. The highest BCUT2D eigenvalue weighted by Crippen LogP contribution is 2.40. The van der Waals surface area contributed by atoms with E-state index in [4.69, 9.17) is 9.47 Å². The van der Waals surface area contributed by atoms with Gasteiger partial charge in [-0.1, -0.05) is 12.1 Å². The number of aliphatic hydroxyl groups is 1. The third-order valence-electron chi connectivity index (χ3n) is 4.93. The average molecular weight is 420 g/mol. The zero-order valence-electron chi connectivity index (χ0n) is 16.3. The maximum absolute atomic E-state index is 13.0. The fourth-order valence-corrected chi connectivity index (χ4v) is 4.19. The van der Waals surface area contributed by atoms with Crippen molar-refractivity contribution in [3.8, 4) is 0 Å². The molecule has 0 fully saturated rings. The number of amides is 1. The lowest BCUT2D eigenvalue weighted by Gasteiger charge is -2.36. The summed E-state index contributed by atoms with van der Waals surface area (Å²) in [5, 5.41) is 16.2. The summed E-state index contributed by atoms with van der Waals surface area (Å²) >= 11 is 1.60. The van der Waals surface area contributed by atoms with Crippen molar-refractivity contribution in [2.75, 3.05) is 13.2 Å². The molecular formula is C22H26FNO4S. The number of halogens is 1. The van der Waals surface area contributed by atoms with E-state index in [9.17, 15) is 14.3 Å². The molecule has 1 aliphatic heterocycles. The molecule has 0 unspecified atom stereocenters. The Morgan fingerprint density at radius 3 is 2.76 bits per heavy atom. The first-order chi connectivity index (χ1) is 14.1. The molecule has 29 heavy (non-hydrogen) atoms. The van der Waals surface area contributed by atoms with Crippen LogP contribution in [0.15, 0.2) is 52.9 Å². The summed E-state index contributed by atoms with van der Waals surface area (Å²) in [7, 11) is 0. The molecule has 0 radical (unpaired) electrons. The van der Waals surface area contributed by atoms with Crippen LogP contribution < -0.4 is 5.32 Å². The van der Waals surface area contributed by atoms with Crippen LogP contribution in [0.4, 0.5) is 4.39 Å². The van der Waals surface area contributed by atoms with Crippen molar-refractivity contribution < 1.29 is 23.8 Å². The van der Waals surface area contributed by atoms with Crippen LogP contribution in [0.1, 0.15) is 36.8 Å². The minimum Gasteiger partial charge on any atom is -0.459 e. The molecule has 2 N–H and O–H groups in total. The number of hydrogen-bond acceptors (Lipinski definition) is 5. The number of benzene rings is 1. The van der Waals surface area contributed by atoms with Gasteiger partial charge in [-0.05, 0) is 65.9 Å². The zero-order chi connectivity index (χ0) is 20.6. The monoisotopic (exact) mass is 419 g/mol. The number of thiophene rings is 1. The highest BCUT2D eigenvalue weighted by molar-refractivity contribution is 7.08. The largest absolute Gasteiger partial charge is 0.459 e. The zero-order valence-corrected chi connectivity index (χ0v) is 17.2. The summed E-state index contributed by atoms with van der Waals surface area (Å²) < 4.78 is 24.8. The predicted molar refractivity (Wildman–Crippen MR) is 110 cm³/mol. The van der Waals surface area contributed by atoms with Gasteiger partial charge in [-0.15, -0.1) is 0 Å². The molecule has 1 aliphatic rings. The van der Waals surface area contributed by atoms with Crippen molar-refractivity contribution in [1.29, 1.82) is 0 Å². The molecule has 0 bridgehead atoms. The van der Waals surface area contributed by atoms with Crippen molar-refractivity contribution in [2.24, 2.45) is 5.92 Å². The van der Waals surface area contributed by atoms with E-state index in [0.29, 0.717) is 13.0 Å². The topological polar surface area (TPSA) is 67.8 Å². The molecule has 0 aliphatic carbocycles. The third-order valence-corrected chi connectivity index (χ3v) is 5.63. The van der Waals surface area contributed by atoms with Gasteiger partial charge >= 0.3 is 0 Å². The Bertz CT molecular complexity index is 807. The molecule has 0 saturated heterocycles. The van der Waals surface area contributed by atoms with Crippen molar-refractivity contribution in [3.63, 3.8) is 0 Å². The molecule has 1 aromatic carbocycles. The Balaban J connectivity index is 1.78. The number of carbonyl (C=O) groups excluding carboxylic acids is 1. The van der Waals surface area contributed by atoms with Gasteiger partial charge < -0.3 is 19.9 Å². The maximum atomic E-state index is 13.0. The van der Waals surface area contributed by atoms with Crippen molar-refractivity contribution in [1.82, 2.24) is 5.32 Å². The molecule has 1 aromatic heterocycles. The van der Waals surface area contributed by atoms with Crippen LogP contribution in [0.25, 0.3) is 0 Å². The van der Waals surface area contributed by atoms with E-state index in [1.807, 2.05) is 24.4 Å². The van der Waals surface area contributed by atoms with E-state index in [-0.39, 0.29) is 42.5 Å². The quantitative estimate of drug-likeness (QED) is 0.646. The summed E-state index contributed by atoms with van der Waals surface area (Å²) in [5.74, 6) is -0.456. The van der Waals surface area contributed by atoms with Crippen molar-refractivity contribution in [3.05, 3.63) is 69.9 Å². The molecule has 156 valence electrons. The minimum absolute atomic E-state index is 0.00495. The van der Waals surface area contributed by atoms with Gasteiger partial charge in [0.1, 0.15) is 5.82 Å². The van der Waals surface area contributed by atoms with Crippen molar-refractivity contribution >= 4 is 17.2 Å². The second kappa shape index (κ2) is 10.5.